The fourth-order valence-electron chi connectivity index (χ4n) is 2.83. The highest BCUT2D eigenvalue weighted by atomic mass is 16.2. The molecule has 0 aliphatic rings. The molecule has 0 unspecified atom stereocenters. The van der Waals surface area contributed by atoms with Gasteiger partial charge in [-0.2, -0.15) is 0 Å². The summed E-state index contributed by atoms with van der Waals surface area (Å²) < 4.78 is 3.37. The largest absolute Gasteiger partial charge is 0.329 e. The van der Waals surface area contributed by atoms with Gasteiger partial charge < -0.3 is 5.32 Å². The standard InChI is InChI=1S/C18H20N4O2/c1-3-21-14-8-4-5-9-15(14)22(18(21)24)12-11-17(23)20-16-10-6-7-13(2)19-16/h4-10H,3,11-12H2,1-2H3,(H,19,20,23). The van der Waals surface area contributed by atoms with E-state index in [4.69, 9.17) is 0 Å². The van der Waals surface area contributed by atoms with Crippen molar-refractivity contribution in [3.63, 3.8) is 0 Å². The van der Waals surface area contributed by atoms with Crippen LogP contribution in [0.5, 0.6) is 0 Å². The van der Waals surface area contributed by atoms with E-state index >= 15 is 0 Å². The molecule has 0 fully saturated rings. The molecule has 1 amide bonds. The van der Waals surface area contributed by atoms with Gasteiger partial charge in [0.05, 0.1) is 11.0 Å². The zero-order chi connectivity index (χ0) is 17.1. The Bertz CT molecular complexity index is 940. The van der Waals surface area contributed by atoms with E-state index in [-0.39, 0.29) is 18.0 Å². The number of rotatable bonds is 5. The van der Waals surface area contributed by atoms with Gasteiger partial charge in [0.15, 0.2) is 0 Å². The van der Waals surface area contributed by atoms with Crippen molar-refractivity contribution in [1.82, 2.24) is 14.1 Å². The van der Waals surface area contributed by atoms with Crippen LogP contribution in [0.2, 0.25) is 0 Å². The van der Waals surface area contributed by atoms with Crippen LogP contribution < -0.4 is 11.0 Å². The summed E-state index contributed by atoms with van der Waals surface area (Å²) in [7, 11) is 0. The molecular weight excluding hydrogens is 304 g/mol. The molecule has 6 nitrogen and oxygen atoms in total. The SMILES string of the molecule is CCn1c(=O)n(CCC(=O)Nc2cccc(C)n2)c2ccccc21. The van der Waals surface area contributed by atoms with Crippen molar-refractivity contribution in [3.8, 4) is 0 Å². The molecule has 0 spiro atoms. The van der Waals surface area contributed by atoms with Gasteiger partial charge in [-0.1, -0.05) is 18.2 Å². The average molecular weight is 324 g/mol. The van der Waals surface area contributed by atoms with Crippen molar-refractivity contribution in [2.45, 2.75) is 33.4 Å². The van der Waals surface area contributed by atoms with Gasteiger partial charge in [-0.3, -0.25) is 13.9 Å². The summed E-state index contributed by atoms with van der Waals surface area (Å²) in [6.45, 7) is 4.75. The Morgan fingerprint density at radius 2 is 1.79 bits per heavy atom. The van der Waals surface area contributed by atoms with Crippen LogP contribution in [-0.4, -0.2) is 20.0 Å². The van der Waals surface area contributed by atoms with E-state index in [9.17, 15) is 9.59 Å². The molecule has 0 bridgehead atoms. The molecule has 0 atom stereocenters. The number of carbonyl (C=O) groups is 1. The van der Waals surface area contributed by atoms with E-state index < -0.39 is 0 Å². The lowest BCUT2D eigenvalue weighted by Crippen LogP contribution is -2.25. The first-order valence-electron chi connectivity index (χ1n) is 8.01. The molecule has 1 aromatic carbocycles. The Balaban J connectivity index is 1.77. The van der Waals surface area contributed by atoms with Crippen LogP contribution in [0.1, 0.15) is 19.0 Å². The highest BCUT2D eigenvalue weighted by Crippen LogP contribution is 2.13. The number of amides is 1. The van der Waals surface area contributed by atoms with Crippen LogP contribution in [0, 0.1) is 6.92 Å². The minimum atomic E-state index is -0.159. The van der Waals surface area contributed by atoms with E-state index in [0.717, 1.165) is 16.7 Å². The Labute approximate surface area is 139 Å². The van der Waals surface area contributed by atoms with Crippen molar-refractivity contribution in [3.05, 3.63) is 58.6 Å². The number of nitrogens with one attached hydrogen (secondary N) is 1. The van der Waals surface area contributed by atoms with Gasteiger partial charge >= 0.3 is 5.69 Å². The highest BCUT2D eigenvalue weighted by Gasteiger charge is 2.13. The lowest BCUT2D eigenvalue weighted by Gasteiger charge is -2.06. The number of para-hydroxylation sites is 2. The minimum absolute atomic E-state index is 0.0832. The van der Waals surface area contributed by atoms with Crippen molar-refractivity contribution in [1.29, 1.82) is 0 Å². The van der Waals surface area contributed by atoms with Crippen molar-refractivity contribution >= 4 is 22.8 Å². The summed E-state index contributed by atoms with van der Waals surface area (Å²) in [5.41, 5.74) is 2.51. The Kier molecular flexibility index (Phi) is 4.46. The first-order valence-corrected chi connectivity index (χ1v) is 8.01. The number of pyridine rings is 1. The van der Waals surface area contributed by atoms with Gasteiger partial charge in [-0.15, -0.1) is 0 Å². The third-order valence-electron chi connectivity index (χ3n) is 3.96. The quantitative estimate of drug-likeness (QED) is 0.784. The molecule has 3 rings (SSSR count). The van der Waals surface area contributed by atoms with Crippen LogP contribution in [0.15, 0.2) is 47.3 Å². The van der Waals surface area contributed by atoms with Crippen LogP contribution in [0.4, 0.5) is 5.82 Å². The number of hydrogen-bond donors (Lipinski definition) is 1. The van der Waals surface area contributed by atoms with E-state index in [0.29, 0.717) is 18.9 Å². The van der Waals surface area contributed by atoms with Gasteiger partial charge in [-0.25, -0.2) is 9.78 Å². The normalized spacial score (nSPS) is 10.9. The highest BCUT2D eigenvalue weighted by molar-refractivity contribution is 5.89. The molecule has 2 aromatic heterocycles. The van der Waals surface area contributed by atoms with Crippen LogP contribution in [0.25, 0.3) is 11.0 Å². The fraction of sp³-hybridized carbons (Fsp3) is 0.278. The minimum Gasteiger partial charge on any atom is -0.311 e. The van der Waals surface area contributed by atoms with Gasteiger partial charge in [0.1, 0.15) is 5.82 Å². The van der Waals surface area contributed by atoms with Crippen LogP contribution >= 0.6 is 0 Å². The zero-order valence-corrected chi connectivity index (χ0v) is 13.8. The predicted octanol–water partition coefficient (Wildman–Crippen LogP) is 2.56. The van der Waals surface area contributed by atoms with E-state index in [1.807, 2.05) is 50.2 Å². The fourth-order valence-corrected chi connectivity index (χ4v) is 2.83. The van der Waals surface area contributed by atoms with Crippen molar-refractivity contribution < 1.29 is 4.79 Å². The molecule has 0 saturated heterocycles. The van der Waals surface area contributed by atoms with Gasteiger partial charge in [0.2, 0.25) is 5.91 Å². The molecule has 6 heteroatoms. The summed E-state index contributed by atoms with van der Waals surface area (Å²) in [5, 5.41) is 2.77. The number of aryl methyl sites for hydroxylation is 3. The monoisotopic (exact) mass is 324 g/mol. The number of anilines is 1. The van der Waals surface area contributed by atoms with Crippen LogP contribution in [-0.2, 0) is 17.9 Å². The number of nitrogens with zero attached hydrogens (tertiary/aromatic N) is 3. The average Bonchev–Trinajstić information content (AvgIpc) is 2.84. The lowest BCUT2D eigenvalue weighted by atomic mass is 10.3. The molecule has 0 aliphatic heterocycles. The number of hydrogen-bond acceptors (Lipinski definition) is 3. The second-order valence-electron chi connectivity index (χ2n) is 5.63. The van der Waals surface area contributed by atoms with Gasteiger partial charge in [-0.05, 0) is 38.1 Å². The van der Waals surface area contributed by atoms with Crippen LogP contribution in [0.3, 0.4) is 0 Å². The molecule has 0 saturated carbocycles. The van der Waals surface area contributed by atoms with Gasteiger partial charge in [0, 0.05) is 25.2 Å². The summed E-state index contributed by atoms with van der Waals surface area (Å²) >= 11 is 0. The summed E-state index contributed by atoms with van der Waals surface area (Å²) in [6, 6.07) is 13.1. The smallest absolute Gasteiger partial charge is 0.311 e. The molecule has 1 N–H and O–H groups in total. The topological polar surface area (TPSA) is 68.9 Å². The number of aromatic nitrogens is 3. The Morgan fingerprint density at radius 3 is 2.46 bits per heavy atom. The maximum absolute atomic E-state index is 12.5. The van der Waals surface area contributed by atoms with E-state index in [1.54, 1.807) is 15.2 Å². The van der Waals surface area contributed by atoms with Gasteiger partial charge in [0.25, 0.3) is 0 Å². The second-order valence-corrected chi connectivity index (χ2v) is 5.63. The molecule has 2 heterocycles. The van der Waals surface area contributed by atoms with E-state index in [1.165, 1.54) is 0 Å². The third-order valence-corrected chi connectivity index (χ3v) is 3.96. The van der Waals surface area contributed by atoms with E-state index in [2.05, 4.69) is 10.3 Å². The summed E-state index contributed by atoms with van der Waals surface area (Å²) in [4.78, 5) is 28.9. The van der Waals surface area contributed by atoms with Crippen molar-refractivity contribution in [2.75, 3.05) is 5.32 Å². The maximum atomic E-state index is 12.5. The molecule has 24 heavy (non-hydrogen) atoms. The molecule has 3 aromatic rings. The third kappa shape index (κ3) is 3.08. The lowest BCUT2D eigenvalue weighted by molar-refractivity contribution is -0.116. The maximum Gasteiger partial charge on any atom is 0.329 e. The Morgan fingerprint density at radius 1 is 1.08 bits per heavy atom. The summed E-state index contributed by atoms with van der Waals surface area (Å²) in [6.07, 6.45) is 0.216. The number of imidazole rings is 1. The first kappa shape index (κ1) is 16.0. The molecule has 0 radical (unpaired) electrons. The second kappa shape index (κ2) is 6.70. The summed E-state index contributed by atoms with van der Waals surface area (Å²) in [5.74, 6) is 0.372. The Hall–Kier alpha value is -2.89. The number of benzene rings is 1. The molecular formula is C18H20N4O2. The first-order chi connectivity index (χ1) is 11.6. The van der Waals surface area contributed by atoms with Crippen molar-refractivity contribution in [2.24, 2.45) is 0 Å². The zero-order valence-electron chi connectivity index (χ0n) is 13.8. The number of carbonyl (C=O) groups excluding carboxylic acids is 1. The molecule has 0 aliphatic carbocycles. The predicted molar refractivity (Wildman–Crippen MR) is 94.1 cm³/mol. The molecule has 124 valence electrons. The number of fused-ring (bicyclic) bond motifs is 1.